The summed E-state index contributed by atoms with van der Waals surface area (Å²) in [4.78, 5) is 8.79. The van der Waals surface area contributed by atoms with Crippen LogP contribution >= 0.6 is 0 Å². The van der Waals surface area contributed by atoms with Crippen LogP contribution in [0.5, 0.6) is 5.88 Å². The molecule has 2 aromatic heterocycles. The van der Waals surface area contributed by atoms with Gasteiger partial charge in [0.25, 0.3) is 0 Å². The van der Waals surface area contributed by atoms with Crippen molar-refractivity contribution in [3.63, 3.8) is 0 Å². The SMILES string of the molecule is COc1ncc(C(N)=C2CCOCCC2=Nc2cnn(C3CCCCO3)c2)cc1F. The highest BCUT2D eigenvalue weighted by molar-refractivity contribution is 6.07. The van der Waals surface area contributed by atoms with Crippen molar-refractivity contribution in [2.75, 3.05) is 26.9 Å². The monoisotopic (exact) mass is 415 g/mol. The molecule has 0 saturated carbocycles. The molecule has 0 aliphatic carbocycles. The first-order valence-corrected chi connectivity index (χ1v) is 10.2. The Morgan fingerprint density at radius 3 is 2.90 bits per heavy atom. The molecule has 4 heterocycles. The number of aromatic nitrogens is 3. The topological polar surface area (TPSA) is 96.8 Å². The molecule has 2 aliphatic rings. The van der Waals surface area contributed by atoms with E-state index in [4.69, 9.17) is 24.9 Å². The zero-order valence-corrected chi connectivity index (χ0v) is 17.0. The number of aliphatic imine (C=N–C) groups is 1. The van der Waals surface area contributed by atoms with Crippen molar-refractivity contribution in [1.29, 1.82) is 0 Å². The second-order valence-corrected chi connectivity index (χ2v) is 7.28. The molecule has 0 radical (unpaired) electrons. The Hall–Kier alpha value is -2.78. The Bertz CT molecular complexity index is 950. The molecule has 0 spiro atoms. The Balaban J connectivity index is 1.65. The van der Waals surface area contributed by atoms with E-state index in [1.54, 1.807) is 6.20 Å². The fourth-order valence-electron chi connectivity index (χ4n) is 3.68. The number of halogens is 1. The van der Waals surface area contributed by atoms with Gasteiger partial charge in [0.05, 0.1) is 32.7 Å². The van der Waals surface area contributed by atoms with Gasteiger partial charge in [0, 0.05) is 36.2 Å². The number of pyridine rings is 1. The largest absolute Gasteiger partial charge is 0.479 e. The summed E-state index contributed by atoms with van der Waals surface area (Å²) >= 11 is 0. The molecule has 0 amide bonds. The summed E-state index contributed by atoms with van der Waals surface area (Å²) in [5.41, 5.74) is 9.72. The average Bonchev–Trinajstić information content (AvgIpc) is 3.12. The first-order valence-electron chi connectivity index (χ1n) is 10.2. The fourth-order valence-corrected chi connectivity index (χ4v) is 3.68. The molecule has 1 atom stereocenters. The molecule has 30 heavy (non-hydrogen) atoms. The quantitative estimate of drug-likeness (QED) is 0.822. The van der Waals surface area contributed by atoms with Crippen LogP contribution in [-0.2, 0) is 9.47 Å². The van der Waals surface area contributed by atoms with Gasteiger partial charge in [0.2, 0.25) is 5.88 Å². The molecule has 0 bridgehead atoms. The highest BCUT2D eigenvalue weighted by Crippen LogP contribution is 2.27. The van der Waals surface area contributed by atoms with Crippen molar-refractivity contribution >= 4 is 17.1 Å². The van der Waals surface area contributed by atoms with Gasteiger partial charge >= 0.3 is 0 Å². The minimum atomic E-state index is -0.560. The van der Waals surface area contributed by atoms with E-state index in [1.807, 2.05) is 10.9 Å². The van der Waals surface area contributed by atoms with Crippen molar-refractivity contribution in [3.05, 3.63) is 41.6 Å². The van der Waals surface area contributed by atoms with Crippen LogP contribution in [0.1, 0.15) is 43.9 Å². The maximum absolute atomic E-state index is 14.1. The van der Waals surface area contributed by atoms with Gasteiger partial charge in [-0.2, -0.15) is 5.10 Å². The zero-order chi connectivity index (χ0) is 20.9. The van der Waals surface area contributed by atoms with Crippen LogP contribution in [0.2, 0.25) is 0 Å². The van der Waals surface area contributed by atoms with Gasteiger partial charge in [-0.15, -0.1) is 0 Å². The predicted molar refractivity (Wildman–Crippen MR) is 110 cm³/mol. The van der Waals surface area contributed by atoms with Crippen LogP contribution in [-0.4, -0.2) is 47.4 Å². The van der Waals surface area contributed by atoms with E-state index in [0.29, 0.717) is 37.3 Å². The number of hydrogen-bond donors (Lipinski definition) is 1. The van der Waals surface area contributed by atoms with Crippen LogP contribution in [0.3, 0.4) is 0 Å². The van der Waals surface area contributed by atoms with Gasteiger partial charge in [0.15, 0.2) is 5.82 Å². The Kier molecular flexibility index (Phi) is 6.39. The number of rotatable bonds is 4. The summed E-state index contributed by atoms with van der Waals surface area (Å²) in [5, 5.41) is 4.42. The second-order valence-electron chi connectivity index (χ2n) is 7.28. The van der Waals surface area contributed by atoms with Crippen LogP contribution in [0, 0.1) is 5.82 Å². The third kappa shape index (κ3) is 4.52. The van der Waals surface area contributed by atoms with E-state index in [0.717, 1.165) is 42.8 Å². The molecule has 1 unspecified atom stereocenters. The van der Waals surface area contributed by atoms with Gasteiger partial charge in [-0.05, 0) is 37.3 Å². The fraction of sp³-hybridized carbons (Fsp3) is 0.476. The molecule has 160 valence electrons. The summed E-state index contributed by atoms with van der Waals surface area (Å²) < 4.78 is 32.3. The van der Waals surface area contributed by atoms with E-state index in [-0.39, 0.29) is 12.1 Å². The smallest absolute Gasteiger partial charge is 0.250 e. The summed E-state index contributed by atoms with van der Waals surface area (Å²) in [6.45, 7) is 1.82. The predicted octanol–water partition coefficient (Wildman–Crippen LogP) is 3.38. The lowest BCUT2D eigenvalue weighted by atomic mass is 9.99. The Labute approximate surface area is 174 Å². The minimum Gasteiger partial charge on any atom is -0.479 e. The van der Waals surface area contributed by atoms with E-state index in [2.05, 4.69) is 10.1 Å². The second kappa shape index (κ2) is 9.36. The highest BCUT2D eigenvalue weighted by atomic mass is 19.1. The molecule has 8 nitrogen and oxygen atoms in total. The van der Waals surface area contributed by atoms with Gasteiger partial charge < -0.3 is 19.9 Å². The van der Waals surface area contributed by atoms with Crippen LogP contribution in [0.25, 0.3) is 5.70 Å². The van der Waals surface area contributed by atoms with Crippen molar-refractivity contribution < 1.29 is 18.6 Å². The third-order valence-electron chi connectivity index (χ3n) is 5.27. The summed E-state index contributed by atoms with van der Waals surface area (Å²) in [7, 11) is 1.37. The molecular weight excluding hydrogens is 389 g/mol. The first-order chi connectivity index (χ1) is 14.7. The van der Waals surface area contributed by atoms with E-state index < -0.39 is 5.82 Å². The average molecular weight is 415 g/mol. The lowest BCUT2D eigenvalue weighted by Gasteiger charge is -2.22. The standard InChI is InChI=1S/C21H26FN5O3/c1-28-21-17(22)10-14(11-24-21)20(23)16-5-8-29-9-6-18(16)26-15-12-25-27(13-15)19-4-2-3-7-30-19/h10-13,19H,2-9,23H2,1H3. The molecule has 0 aromatic carbocycles. The van der Waals surface area contributed by atoms with Crippen LogP contribution in [0.4, 0.5) is 10.1 Å². The van der Waals surface area contributed by atoms with Gasteiger partial charge in [-0.25, -0.2) is 19.0 Å². The Morgan fingerprint density at radius 2 is 2.13 bits per heavy atom. The maximum Gasteiger partial charge on any atom is 0.250 e. The number of nitrogens with two attached hydrogens (primary N) is 1. The van der Waals surface area contributed by atoms with Crippen LogP contribution < -0.4 is 10.5 Å². The van der Waals surface area contributed by atoms with Crippen molar-refractivity contribution in [1.82, 2.24) is 14.8 Å². The zero-order valence-electron chi connectivity index (χ0n) is 17.0. The number of hydrogen-bond acceptors (Lipinski definition) is 7. The molecular formula is C21H26FN5O3. The summed E-state index contributed by atoms with van der Waals surface area (Å²) in [5.74, 6) is -0.623. The van der Waals surface area contributed by atoms with Gasteiger partial charge in [-0.1, -0.05) is 0 Å². The van der Waals surface area contributed by atoms with E-state index in [9.17, 15) is 4.39 Å². The molecule has 2 aromatic rings. The minimum absolute atomic E-state index is 0.0430. The highest BCUT2D eigenvalue weighted by Gasteiger charge is 2.20. The molecule has 2 saturated heterocycles. The third-order valence-corrected chi connectivity index (χ3v) is 5.27. The summed E-state index contributed by atoms with van der Waals surface area (Å²) in [6.07, 6.45) is 9.41. The molecule has 2 N–H and O–H groups in total. The van der Waals surface area contributed by atoms with Gasteiger partial charge in [-0.3, -0.25) is 0 Å². The molecule has 2 aliphatic heterocycles. The number of methoxy groups -OCH3 is 1. The van der Waals surface area contributed by atoms with Crippen molar-refractivity contribution in [2.45, 2.75) is 38.3 Å². The van der Waals surface area contributed by atoms with Crippen LogP contribution in [0.15, 0.2) is 35.2 Å². The van der Waals surface area contributed by atoms with E-state index >= 15 is 0 Å². The lowest BCUT2D eigenvalue weighted by molar-refractivity contribution is -0.0394. The van der Waals surface area contributed by atoms with Crippen molar-refractivity contribution in [3.8, 4) is 5.88 Å². The van der Waals surface area contributed by atoms with Crippen molar-refractivity contribution in [2.24, 2.45) is 10.7 Å². The normalized spacial score (nSPS) is 23.3. The Morgan fingerprint density at radius 1 is 1.27 bits per heavy atom. The lowest BCUT2D eigenvalue weighted by Crippen LogP contribution is -2.18. The first kappa shape index (κ1) is 20.5. The summed E-state index contributed by atoms with van der Waals surface area (Å²) in [6, 6.07) is 1.33. The maximum atomic E-state index is 14.1. The van der Waals surface area contributed by atoms with Gasteiger partial charge in [0.1, 0.15) is 11.9 Å². The number of ether oxygens (including phenoxy) is 3. The molecule has 9 heteroatoms. The number of nitrogens with zero attached hydrogens (tertiary/aromatic N) is 4. The molecule has 4 rings (SSSR count). The molecule has 2 fully saturated rings. The van der Waals surface area contributed by atoms with E-state index in [1.165, 1.54) is 19.4 Å².